The summed E-state index contributed by atoms with van der Waals surface area (Å²) in [4.78, 5) is 0. The second kappa shape index (κ2) is 5.75. The first-order chi connectivity index (χ1) is 12.2. The molecular formula is C23H29NO2. The third-order valence-corrected chi connectivity index (χ3v) is 6.22. The number of aryl methyl sites for hydroxylation is 2. The maximum absolute atomic E-state index is 6.36. The van der Waals surface area contributed by atoms with Crippen molar-refractivity contribution in [2.24, 2.45) is 0 Å². The van der Waals surface area contributed by atoms with E-state index in [9.17, 15) is 0 Å². The van der Waals surface area contributed by atoms with Crippen LogP contribution in [0.3, 0.4) is 0 Å². The minimum Gasteiger partial charge on any atom is -0.485 e. The lowest BCUT2D eigenvalue weighted by Gasteiger charge is -2.46. The molecule has 0 spiro atoms. The minimum atomic E-state index is -0.111. The molecule has 0 bridgehead atoms. The Bertz CT molecular complexity index is 884. The van der Waals surface area contributed by atoms with E-state index >= 15 is 0 Å². The zero-order valence-electron chi connectivity index (χ0n) is 16.9. The Kier molecular flexibility index (Phi) is 3.85. The summed E-state index contributed by atoms with van der Waals surface area (Å²) < 4.78 is 12.3. The molecule has 3 atom stereocenters. The van der Waals surface area contributed by atoms with Gasteiger partial charge in [0.25, 0.3) is 0 Å². The average Bonchev–Trinajstić information content (AvgIpc) is 2.56. The molecule has 3 heteroatoms. The van der Waals surface area contributed by atoms with E-state index in [0.29, 0.717) is 5.92 Å². The van der Waals surface area contributed by atoms with Crippen LogP contribution in [0.25, 0.3) is 11.1 Å². The van der Waals surface area contributed by atoms with Gasteiger partial charge in [-0.25, -0.2) is 0 Å². The van der Waals surface area contributed by atoms with Crippen LogP contribution in [0.5, 0.6) is 5.75 Å². The van der Waals surface area contributed by atoms with Gasteiger partial charge in [0.05, 0.1) is 11.6 Å². The summed E-state index contributed by atoms with van der Waals surface area (Å²) in [5, 5.41) is 3.70. The fourth-order valence-electron chi connectivity index (χ4n) is 4.95. The highest BCUT2D eigenvalue weighted by Crippen LogP contribution is 2.51. The third kappa shape index (κ3) is 2.37. The molecule has 4 rings (SSSR count). The van der Waals surface area contributed by atoms with Gasteiger partial charge in [0.2, 0.25) is 0 Å². The highest BCUT2D eigenvalue weighted by molar-refractivity contribution is 5.81. The van der Waals surface area contributed by atoms with Crippen molar-refractivity contribution in [3.05, 3.63) is 46.5 Å². The number of ether oxygens (including phenoxy) is 2. The summed E-state index contributed by atoms with van der Waals surface area (Å²) >= 11 is 0. The quantitative estimate of drug-likeness (QED) is 0.710. The summed E-state index contributed by atoms with van der Waals surface area (Å²) in [6, 6.07) is 8.92. The Morgan fingerprint density at radius 2 is 1.69 bits per heavy atom. The molecule has 0 fully saturated rings. The van der Waals surface area contributed by atoms with Crippen molar-refractivity contribution in [1.29, 1.82) is 0 Å². The van der Waals surface area contributed by atoms with Gasteiger partial charge in [-0.1, -0.05) is 13.0 Å². The smallest absolute Gasteiger partial charge is 0.128 e. The van der Waals surface area contributed by atoms with Crippen LogP contribution < -0.4 is 10.1 Å². The molecule has 0 aromatic heterocycles. The first-order valence-electron chi connectivity index (χ1n) is 9.50. The fraction of sp³-hybridized carbons (Fsp3) is 0.478. The lowest BCUT2D eigenvalue weighted by atomic mass is 9.74. The molecule has 3 nitrogen and oxygen atoms in total. The number of hydrogen-bond acceptors (Lipinski definition) is 3. The van der Waals surface area contributed by atoms with E-state index < -0.39 is 0 Å². The molecule has 3 unspecified atom stereocenters. The normalized spacial score (nSPS) is 25.4. The molecule has 0 radical (unpaired) electrons. The lowest BCUT2D eigenvalue weighted by Crippen LogP contribution is -2.51. The highest BCUT2D eigenvalue weighted by atomic mass is 16.5. The highest BCUT2D eigenvalue weighted by Gasteiger charge is 2.43. The third-order valence-electron chi connectivity index (χ3n) is 6.22. The van der Waals surface area contributed by atoms with Crippen molar-refractivity contribution >= 4 is 5.69 Å². The van der Waals surface area contributed by atoms with Gasteiger partial charge < -0.3 is 14.8 Å². The number of nitrogens with one attached hydrogen (secondary N) is 1. The molecule has 0 saturated carbocycles. The molecule has 2 aliphatic heterocycles. The lowest BCUT2D eigenvalue weighted by molar-refractivity contribution is 0.0350. The molecule has 2 heterocycles. The van der Waals surface area contributed by atoms with Crippen molar-refractivity contribution in [2.45, 2.75) is 65.2 Å². The largest absolute Gasteiger partial charge is 0.485 e. The molecule has 1 N–H and O–H groups in total. The van der Waals surface area contributed by atoms with Gasteiger partial charge in [-0.2, -0.15) is 0 Å². The minimum absolute atomic E-state index is 0.0255. The van der Waals surface area contributed by atoms with Crippen LogP contribution in [0.4, 0.5) is 5.69 Å². The van der Waals surface area contributed by atoms with Crippen molar-refractivity contribution < 1.29 is 9.47 Å². The second-order valence-corrected chi connectivity index (χ2v) is 8.47. The number of anilines is 1. The van der Waals surface area contributed by atoms with Crippen molar-refractivity contribution in [1.82, 2.24) is 0 Å². The number of hydrogen-bond donors (Lipinski definition) is 1. The first kappa shape index (κ1) is 17.4. The number of rotatable bonds is 1. The molecule has 2 aromatic carbocycles. The van der Waals surface area contributed by atoms with Gasteiger partial charge in [-0.3, -0.25) is 0 Å². The van der Waals surface area contributed by atoms with Gasteiger partial charge >= 0.3 is 0 Å². The van der Waals surface area contributed by atoms with Gasteiger partial charge in [-0.05, 0) is 75.1 Å². The van der Waals surface area contributed by atoms with E-state index in [1.165, 1.54) is 39.1 Å². The predicted molar refractivity (Wildman–Crippen MR) is 107 cm³/mol. The fourth-order valence-corrected chi connectivity index (χ4v) is 4.95. The van der Waals surface area contributed by atoms with E-state index in [0.717, 1.165) is 5.75 Å². The Labute approximate surface area is 156 Å². The van der Waals surface area contributed by atoms with Gasteiger partial charge in [-0.15, -0.1) is 0 Å². The average molecular weight is 351 g/mol. The summed E-state index contributed by atoms with van der Waals surface area (Å²) in [5.41, 5.74) is 8.80. The van der Waals surface area contributed by atoms with E-state index in [-0.39, 0.29) is 17.7 Å². The van der Waals surface area contributed by atoms with Crippen LogP contribution in [0, 0.1) is 13.8 Å². The van der Waals surface area contributed by atoms with E-state index in [1.807, 2.05) is 7.11 Å². The Morgan fingerprint density at radius 1 is 1.00 bits per heavy atom. The molecule has 26 heavy (non-hydrogen) atoms. The van der Waals surface area contributed by atoms with E-state index in [4.69, 9.17) is 9.47 Å². The SMILES string of the molecule is COC1C(C)c2c(ccc3c2C(C)Oc2cc(C)c(C)cc2-3)NC1(C)C. The van der Waals surface area contributed by atoms with Crippen molar-refractivity contribution in [3.8, 4) is 16.9 Å². The summed E-state index contributed by atoms with van der Waals surface area (Å²) in [6.07, 6.45) is 0.132. The van der Waals surface area contributed by atoms with Crippen LogP contribution in [-0.2, 0) is 4.74 Å². The van der Waals surface area contributed by atoms with Gasteiger partial charge in [0, 0.05) is 29.8 Å². The van der Waals surface area contributed by atoms with Crippen LogP contribution in [0.1, 0.15) is 62.0 Å². The number of methoxy groups -OCH3 is 1. The Morgan fingerprint density at radius 3 is 2.38 bits per heavy atom. The summed E-state index contributed by atoms with van der Waals surface area (Å²) in [7, 11) is 1.81. The zero-order chi connectivity index (χ0) is 18.8. The van der Waals surface area contributed by atoms with Crippen LogP contribution in [-0.4, -0.2) is 18.8 Å². The monoisotopic (exact) mass is 351 g/mol. The molecule has 0 aliphatic carbocycles. The molecule has 2 aromatic rings. The number of fused-ring (bicyclic) bond motifs is 5. The molecule has 0 saturated heterocycles. The molecule has 0 amide bonds. The Hall–Kier alpha value is -2.00. The first-order valence-corrected chi connectivity index (χ1v) is 9.50. The van der Waals surface area contributed by atoms with Gasteiger partial charge in [0.15, 0.2) is 0 Å². The zero-order valence-corrected chi connectivity index (χ0v) is 16.9. The summed E-state index contributed by atoms with van der Waals surface area (Å²) in [5.74, 6) is 1.29. The van der Waals surface area contributed by atoms with Crippen molar-refractivity contribution in [3.63, 3.8) is 0 Å². The molecule has 138 valence electrons. The van der Waals surface area contributed by atoms with E-state index in [1.54, 1.807) is 0 Å². The van der Waals surface area contributed by atoms with E-state index in [2.05, 4.69) is 71.1 Å². The maximum atomic E-state index is 6.36. The second-order valence-electron chi connectivity index (χ2n) is 8.47. The molecule has 2 aliphatic rings. The molecular weight excluding hydrogens is 322 g/mol. The Balaban J connectivity index is 1.96. The topological polar surface area (TPSA) is 30.5 Å². The number of benzene rings is 2. The van der Waals surface area contributed by atoms with Crippen molar-refractivity contribution in [2.75, 3.05) is 12.4 Å². The van der Waals surface area contributed by atoms with Crippen LogP contribution in [0.15, 0.2) is 24.3 Å². The predicted octanol–water partition coefficient (Wildman–Crippen LogP) is 5.75. The van der Waals surface area contributed by atoms with Gasteiger partial charge in [0.1, 0.15) is 11.9 Å². The maximum Gasteiger partial charge on any atom is 0.128 e. The van der Waals surface area contributed by atoms with Crippen LogP contribution in [0.2, 0.25) is 0 Å². The standard InChI is InChI=1S/C23H29NO2/c1-12-10-17-16-8-9-18-20(14(3)22(25-7)23(5,6)24-18)21(16)15(4)26-19(17)11-13(12)2/h8-11,14-15,22,24H,1-7H3. The summed E-state index contributed by atoms with van der Waals surface area (Å²) in [6.45, 7) is 13.2. The van der Waals surface area contributed by atoms with Crippen LogP contribution >= 0.6 is 0 Å².